The minimum atomic E-state index is 0. The Kier molecular flexibility index (Phi) is 5910. The molecule has 0 bridgehead atoms. The fourth-order valence-corrected chi connectivity index (χ4v) is 0. The average molecular weight is 501 g/mol. The molecule has 0 fully saturated rings. The molecule has 130 valence electrons. The van der Waals surface area contributed by atoms with E-state index in [1.165, 1.54) is 0 Å². The van der Waals surface area contributed by atoms with Crippen molar-refractivity contribution in [1.29, 1.82) is 0 Å². The van der Waals surface area contributed by atoms with Gasteiger partial charge in [0, 0.05) is 0 Å². The van der Waals surface area contributed by atoms with Crippen molar-refractivity contribution < 1.29 is 335 Å². The summed E-state index contributed by atoms with van der Waals surface area (Å²) in [5.41, 5.74) is 0. The third-order valence-corrected chi connectivity index (χ3v) is 0. The Morgan fingerprint density at radius 1 is 0.150 bits per heavy atom. The summed E-state index contributed by atoms with van der Waals surface area (Å²) in [4.78, 5) is 0. The van der Waals surface area contributed by atoms with Crippen LogP contribution in [-0.4, -0.2) is 0 Å². The summed E-state index contributed by atoms with van der Waals surface area (Å²) in [5.74, 6) is 0. The zero-order valence-electron chi connectivity index (χ0n) is 16.1. The standard InChI is InChI=1S/15FH.5K.5H/h15*1H;;;;;;;;;;/q;;;;;;;;;;;;;;;5*+1;5*-1. The molecule has 0 saturated carbocycles. The van der Waals surface area contributed by atoms with Gasteiger partial charge in [0.2, 0.25) is 0 Å². The molecule has 0 aromatic rings. The van der Waals surface area contributed by atoms with E-state index in [2.05, 4.69) is 0 Å². The molecule has 0 unspecified atom stereocenters. The van der Waals surface area contributed by atoms with Gasteiger partial charge in [0.25, 0.3) is 0 Å². The van der Waals surface area contributed by atoms with Crippen molar-refractivity contribution in [3.63, 3.8) is 0 Å². The summed E-state index contributed by atoms with van der Waals surface area (Å²) in [6.07, 6.45) is 0. The van der Waals surface area contributed by atoms with Crippen LogP contribution in [0.15, 0.2) is 0 Å². The third kappa shape index (κ3) is 288. The van der Waals surface area contributed by atoms with Crippen LogP contribution in [0.5, 0.6) is 0 Å². The van der Waals surface area contributed by atoms with Crippen molar-refractivity contribution in [2.45, 2.75) is 0 Å². The van der Waals surface area contributed by atoms with Crippen LogP contribution in [0.3, 0.4) is 0 Å². The smallest absolute Gasteiger partial charge is 1.00 e. The number of hydrogen-bond donors (Lipinski definition) is 0. The molecule has 20 heteroatoms. The fraction of sp³-hybridized carbons (Fsp3) is 0. The molecule has 0 radical (unpaired) electrons. The van der Waals surface area contributed by atoms with E-state index < -0.39 is 0 Å². The molecule has 0 rings (SSSR count). The molecule has 0 atom stereocenters. The van der Waals surface area contributed by atoms with E-state index in [-0.39, 0.29) is 335 Å². The van der Waals surface area contributed by atoms with Crippen molar-refractivity contribution in [3.05, 3.63) is 0 Å². The van der Waals surface area contributed by atoms with E-state index in [0.29, 0.717) is 0 Å². The first-order valence-corrected chi connectivity index (χ1v) is 0. The van der Waals surface area contributed by atoms with Crippen LogP contribution in [-0.2, 0) is 0 Å². The van der Waals surface area contributed by atoms with Gasteiger partial charge in [0.15, 0.2) is 0 Å². The van der Waals surface area contributed by atoms with Crippen LogP contribution in [0.25, 0.3) is 0 Å². The molecule has 0 aromatic carbocycles. The first-order chi connectivity index (χ1) is 0. The van der Waals surface area contributed by atoms with E-state index in [0.717, 1.165) is 0 Å². The van der Waals surface area contributed by atoms with Gasteiger partial charge in [-0.05, 0) is 0 Å². The predicted octanol–water partition coefficient (Wildman–Crippen LogP) is -12.1. The minimum Gasteiger partial charge on any atom is -1.00 e. The van der Waals surface area contributed by atoms with Crippen LogP contribution in [0.4, 0.5) is 70.6 Å². The molecule has 0 spiro atoms. The maximum atomic E-state index is 0. The Labute approximate surface area is 324 Å². The number of halogens is 15. The molecule has 0 aliphatic carbocycles. The third-order valence-electron chi connectivity index (χ3n) is 0. The first kappa shape index (κ1) is 364. The Bertz CT molecular complexity index is 34.3. The predicted molar refractivity (Wildman–Crippen MR) is 43.1 cm³/mol. The van der Waals surface area contributed by atoms with E-state index in [4.69, 9.17) is 0 Å². The Balaban J connectivity index is 0. The summed E-state index contributed by atoms with van der Waals surface area (Å²) in [7, 11) is 0. The summed E-state index contributed by atoms with van der Waals surface area (Å²) in [6, 6.07) is 0. The van der Waals surface area contributed by atoms with Crippen molar-refractivity contribution >= 4 is 0 Å². The van der Waals surface area contributed by atoms with Gasteiger partial charge in [-0.3, -0.25) is 70.6 Å². The second-order valence-corrected chi connectivity index (χ2v) is 0. The molecule has 0 aliphatic rings. The molecular formula is H20F15K5. The van der Waals surface area contributed by atoms with Crippen molar-refractivity contribution in [2.24, 2.45) is 0 Å². The Morgan fingerprint density at radius 3 is 0.150 bits per heavy atom. The van der Waals surface area contributed by atoms with Crippen LogP contribution in [0.2, 0.25) is 0 Å². The topological polar surface area (TPSA) is 0 Å². The zero-order valence-corrected chi connectivity index (χ0v) is 26.7. The van der Waals surface area contributed by atoms with Crippen molar-refractivity contribution in [1.82, 2.24) is 0 Å². The van der Waals surface area contributed by atoms with Crippen molar-refractivity contribution in [3.8, 4) is 0 Å². The quantitative estimate of drug-likeness (QED) is 0.229. The van der Waals surface area contributed by atoms with Gasteiger partial charge in [0.1, 0.15) is 0 Å². The summed E-state index contributed by atoms with van der Waals surface area (Å²) >= 11 is 0. The van der Waals surface area contributed by atoms with Gasteiger partial charge in [-0.2, -0.15) is 0 Å². The van der Waals surface area contributed by atoms with Crippen LogP contribution < -0.4 is 257 Å². The van der Waals surface area contributed by atoms with E-state index >= 15 is 0 Å². The van der Waals surface area contributed by atoms with E-state index in [9.17, 15) is 0 Å². The largest absolute Gasteiger partial charge is 1.00 e. The molecule has 0 amide bonds. The Morgan fingerprint density at radius 2 is 0.150 bits per heavy atom. The zero-order chi connectivity index (χ0) is 0. The summed E-state index contributed by atoms with van der Waals surface area (Å²) < 4.78 is 0. The second-order valence-electron chi connectivity index (χ2n) is 0. The first-order valence-electron chi connectivity index (χ1n) is 0. The molecule has 0 nitrogen and oxygen atoms in total. The minimum absolute atomic E-state index is 0. The van der Waals surface area contributed by atoms with Gasteiger partial charge < -0.3 is 7.13 Å². The molecule has 0 saturated heterocycles. The normalized spacial score (nSPS) is 0. The average Bonchev–Trinajstić information content (AvgIpc) is 0. The van der Waals surface area contributed by atoms with E-state index in [1.54, 1.807) is 0 Å². The van der Waals surface area contributed by atoms with Crippen LogP contribution >= 0.6 is 0 Å². The van der Waals surface area contributed by atoms with Gasteiger partial charge in [-0.25, -0.2) is 0 Å². The fourth-order valence-electron chi connectivity index (χ4n) is 0. The van der Waals surface area contributed by atoms with E-state index in [1.807, 2.05) is 0 Å². The maximum Gasteiger partial charge on any atom is 1.00 e. The number of hydrogen-bond acceptors (Lipinski definition) is 0. The van der Waals surface area contributed by atoms with Gasteiger partial charge >= 0.3 is 257 Å². The van der Waals surface area contributed by atoms with Gasteiger partial charge in [0.05, 0.1) is 0 Å². The molecule has 20 heavy (non-hydrogen) atoms. The van der Waals surface area contributed by atoms with Crippen LogP contribution in [0, 0.1) is 0 Å². The van der Waals surface area contributed by atoms with Crippen LogP contribution in [0.1, 0.15) is 7.13 Å². The summed E-state index contributed by atoms with van der Waals surface area (Å²) in [5, 5.41) is 0. The number of rotatable bonds is 0. The SMILES string of the molecule is F.F.F.F.F.F.F.F.F.F.F.F.F.F.F.[H-].[H-].[H-].[H-].[H-].[K+].[K+].[K+].[K+].[K+]. The maximum absolute atomic E-state index is 0. The Hall–Kier alpha value is 7.13. The molecule has 0 N–H and O–H groups in total. The molecule has 0 aliphatic heterocycles. The molecular weight excluding hydrogens is 480 g/mol. The monoisotopic (exact) mass is 500 g/mol. The molecule has 0 aromatic heterocycles. The summed E-state index contributed by atoms with van der Waals surface area (Å²) in [6.45, 7) is 0. The van der Waals surface area contributed by atoms with Gasteiger partial charge in [-0.15, -0.1) is 0 Å². The second kappa shape index (κ2) is 325. The van der Waals surface area contributed by atoms with Crippen molar-refractivity contribution in [2.75, 3.05) is 0 Å². The van der Waals surface area contributed by atoms with Gasteiger partial charge in [-0.1, -0.05) is 0 Å². The molecule has 0 heterocycles.